The van der Waals surface area contributed by atoms with E-state index >= 15 is 0 Å². The number of benzene rings is 2. The fourth-order valence-electron chi connectivity index (χ4n) is 4.51. The molecule has 0 amide bonds. The van der Waals surface area contributed by atoms with Crippen LogP contribution in [0.4, 0.5) is 0 Å². The van der Waals surface area contributed by atoms with E-state index in [9.17, 15) is 5.11 Å². The van der Waals surface area contributed by atoms with Crippen molar-refractivity contribution in [2.24, 2.45) is 0 Å². The maximum Gasteiger partial charge on any atom is 0.204 e. The molecule has 1 aliphatic heterocycles. The molecule has 2 aliphatic rings. The van der Waals surface area contributed by atoms with Gasteiger partial charge in [0.05, 0.1) is 28.4 Å². The summed E-state index contributed by atoms with van der Waals surface area (Å²) in [6.45, 7) is 0.921. The lowest BCUT2D eigenvalue weighted by molar-refractivity contribution is 0.222. The van der Waals surface area contributed by atoms with Crippen LogP contribution in [0.3, 0.4) is 0 Å². The molecule has 2 aromatic carbocycles. The summed E-state index contributed by atoms with van der Waals surface area (Å²) in [6.07, 6.45) is 1.68. The van der Waals surface area contributed by atoms with Gasteiger partial charge in [0.1, 0.15) is 0 Å². The summed E-state index contributed by atoms with van der Waals surface area (Å²) in [7, 11) is 8.56. The van der Waals surface area contributed by atoms with Crippen molar-refractivity contribution < 1.29 is 24.1 Å². The van der Waals surface area contributed by atoms with Crippen molar-refractivity contribution in [3.05, 3.63) is 28.8 Å². The molecule has 0 unspecified atom stereocenters. The molecule has 1 aliphatic carbocycles. The molecule has 0 saturated carbocycles. The number of phenols is 1. The molecule has 0 spiro atoms. The predicted molar refractivity (Wildman–Crippen MR) is 103 cm³/mol. The normalized spacial score (nSPS) is 17.7. The average Bonchev–Trinajstić information content (AvgIpc) is 2.69. The number of likely N-dealkylation sites (N-methyl/N-ethyl adjacent to an activating group) is 1. The number of rotatable bonds is 4. The first-order valence-electron chi connectivity index (χ1n) is 9.00. The summed E-state index contributed by atoms with van der Waals surface area (Å²) < 4.78 is 22.2. The Morgan fingerprint density at radius 2 is 1.63 bits per heavy atom. The molecule has 0 bridgehead atoms. The summed E-state index contributed by atoms with van der Waals surface area (Å²) in [4.78, 5) is 2.33. The third-order valence-corrected chi connectivity index (χ3v) is 5.81. The number of methoxy groups -OCH3 is 4. The van der Waals surface area contributed by atoms with Gasteiger partial charge in [-0.25, -0.2) is 0 Å². The molecule has 0 saturated heterocycles. The fourth-order valence-corrected chi connectivity index (χ4v) is 4.51. The van der Waals surface area contributed by atoms with Crippen LogP contribution in [-0.2, 0) is 12.8 Å². The van der Waals surface area contributed by atoms with Gasteiger partial charge in [0.15, 0.2) is 23.0 Å². The number of aromatic hydroxyl groups is 1. The summed E-state index contributed by atoms with van der Waals surface area (Å²) in [6, 6.07) is 4.12. The lowest BCUT2D eigenvalue weighted by atomic mass is 9.76. The van der Waals surface area contributed by atoms with E-state index < -0.39 is 0 Å². The number of hydrogen-bond donors (Lipinski definition) is 1. The van der Waals surface area contributed by atoms with Crippen molar-refractivity contribution in [3.63, 3.8) is 0 Å². The highest BCUT2D eigenvalue weighted by atomic mass is 16.5. The Balaban J connectivity index is 2.09. The quantitative estimate of drug-likeness (QED) is 0.891. The Hall–Kier alpha value is -2.60. The van der Waals surface area contributed by atoms with E-state index in [2.05, 4.69) is 11.9 Å². The van der Waals surface area contributed by atoms with Gasteiger partial charge in [-0.2, -0.15) is 0 Å². The first kappa shape index (κ1) is 17.8. The maximum atomic E-state index is 11.1. The van der Waals surface area contributed by atoms with Crippen LogP contribution < -0.4 is 18.9 Å². The zero-order valence-electron chi connectivity index (χ0n) is 16.4. The smallest absolute Gasteiger partial charge is 0.204 e. The van der Waals surface area contributed by atoms with E-state index in [0.717, 1.165) is 47.2 Å². The summed E-state index contributed by atoms with van der Waals surface area (Å²) in [5.41, 5.74) is 5.12. The Bertz CT molecular complexity index is 908. The second-order valence-electron chi connectivity index (χ2n) is 7.00. The average molecular weight is 371 g/mol. The first-order valence-corrected chi connectivity index (χ1v) is 9.00. The van der Waals surface area contributed by atoms with E-state index in [4.69, 9.17) is 18.9 Å². The van der Waals surface area contributed by atoms with E-state index in [1.807, 2.05) is 12.1 Å². The number of hydrogen-bond acceptors (Lipinski definition) is 6. The van der Waals surface area contributed by atoms with Crippen LogP contribution in [0, 0.1) is 0 Å². The molecule has 6 nitrogen and oxygen atoms in total. The highest BCUT2D eigenvalue weighted by Crippen LogP contribution is 2.57. The molecular weight excluding hydrogens is 346 g/mol. The molecule has 1 heterocycles. The van der Waals surface area contributed by atoms with Gasteiger partial charge in [-0.05, 0) is 48.7 Å². The van der Waals surface area contributed by atoms with Gasteiger partial charge >= 0.3 is 0 Å². The highest BCUT2D eigenvalue weighted by molar-refractivity contribution is 5.86. The van der Waals surface area contributed by atoms with Crippen LogP contribution in [-0.4, -0.2) is 52.0 Å². The van der Waals surface area contributed by atoms with Gasteiger partial charge in [-0.3, -0.25) is 4.90 Å². The van der Waals surface area contributed by atoms with Gasteiger partial charge in [0.2, 0.25) is 5.75 Å². The second-order valence-corrected chi connectivity index (χ2v) is 7.00. The van der Waals surface area contributed by atoms with Gasteiger partial charge < -0.3 is 24.1 Å². The van der Waals surface area contributed by atoms with Crippen LogP contribution in [0.5, 0.6) is 28.7 Å². The van der Waals surface area contributed by atoms with Gasteiger partial charge in [0, 0.05) is 23.7 Å². The maximum absolute atomic E-state index is 11.1. The molecule has 1 N–H and O–H groups in total. The third kappa shape index (κ3) is 2.43. The fraction of sp³-hybridized carbons (Fsp3) is 0.429. The van der Waals surface area contributed by atoms with E-state index in [-0.39, 0.29) is 11.8 Å². The van der Waals surface area contributed by atoms with Crippen LogP contribution in [0.1, 0.15) is 22.7 Å². The largest absolute Gasteiger partial charge is 0.504 e. The summed E-state index contributed by atoms with van der Waals surface area (Å²) >= 11 is 0. The molecule has 0 radical (unpaired) electrons. The molecule has 4 rings (SSSR count). The minimum atomic E-state index is 0.113. The Kier molecular flexibility index (Phi) is 4.30. The molecular formula is C21H25NO5. The van der Waals surface area contributed by atoms with Gasteiger partial charge in [-0.15, -0.1) is 0 Å². The Labute approximate surface area is 159 Å². The zero-order chi connectivity index (χ0) is 19.3. The molecule has 0 aromatic heterocycles. The van der Waals surface area contributed by atoms with Crippen molar-refractivity contribution in [2.75, 3.05) is 42.0 Å². The lowest BCUT2D eigenvalue weighted by Crippen LogP contribution is -2.36. The minimum Gasteiger partial charge on any atom is -0.504 e. The molecule has 6 heteroatoms. The summed E-state index contributed by atoms with van der Waals surface area (Å²) in [5.74, 6) is 2.47. The standard InChI is InChI=1S/C21H25NO5/c1-22-7-6-12-17-14(22)8-11-9-15(24-2)16(25-3)10-13(11)18(17)19(23)21(27-5)20(12)26-4/h9-10,14,23H,6-8H2,1-5H3/t14-/m0/s1. The minimum absolute atomic E-state index is 0.113. The monoisotopic (exact) mass is 371 g/mol. The van der Waals surface area contributed by atoms with Crippen molar-refractivity contribution in [1.29, 1.82) is 0 Å². The molecule has 0 fully saturated rings. The van der Waals surface area contributed by atoms with Crippen LogP contribution in [0.15, 0.2) is 12.1 Å². The van der Waals surface area contributed by atoms with E-state index in [1.165, 1.54) is 0 Å². The molecule has 144 valence electrons. The number of fused-ring (bicyclic) bond motifs is 2. The van der Waals surface area contributed by atoms with Crippen LogP contribution >= 0.6 is 0 Å². The number of ether oxygens (including phenoxy) is 4. The molecule has 2 aromatic rings. The SMILES string of the molecule is COc1cc2c(cc1OC)-c1c(O)c(OC)c(OC)c3c1[C@H](C2)N(C)CC3. The van der Waals surface area contributed by atoms with Crippen molar-refractivity contribution in [2.45, 2.75) is 18.9 Å². The lowest BCUT2D eigenvalue weighted by Gasteiger charge is -2.41. The summed E-state index contributed by atoms with van der Waals surface area (Å²) in [5, 5.41) is 11.1. The Morgan fingerprint density at radius 3 is 2.26 bits per heavy atom. The zero-order valence-corrected chi connectivity index (χ0v) is 16.4. The van der Waals surface area contributed by atoms with E-state index in [1.54, 1.807) is 28.4 Å². The van der Waals surface area contributed by atoms with Crippen molar-refractivity contribution in [1.82, 2.24) is 4.90 Å². The van der Waals surface area contributed by atoms with Gasteiger partial charge in [-0.1, -0.05) is 0 Å². The number of nitrogens with zero attached hydrogens (tertiary/aromatic N) is 1. The van der Waals surface area contributed by atoms with Crippen molar-refractivity contribution in [3.8, 4) is 39.9 Å². The van der Waals surface area contributed by atoms with Crippen LogP contribution in [0.25, 0.3) is 11.1 Å². The van der Waals surface area contributed by atoms with Gasteiger partial charge in [0.25, 0.3) is 0 Å². The van der Waals surface area contributed by atoms with Crippen molar-refractivity contribution >= 4 is 0 Å². The van der Waals surface area contributed by atoms with Crippen LogP contribution in [0.2, 0.25) is 0 Å². The third-order valence-electron chi connectivity index (χ3n) is 5.81. The second kappa shape index (κ2) is 6.53. The molecule has 1 atom stereocenters. The number of phenolic OH excluding ortho intramolecular Hbond substituents is 1. The van der Waals surface area contributed by atoms with E-state index in [0.29, 0.717) is 23.0 Å². The predicted octanol–water partition coefficient (Wildman–Crippen LogP) is 3.18. The first-order chi connectivity index (χ1) is 13.0. The Morgan fingerprint density at radius 1 is 0.963 bits per heavy atom. The highest BCUT2D eigenvalue weighted by Gasteiger charge is 2.39. The topological polar surface area (TPSA) is 60.4 Å². The molecule has 27 heavy (non-hydrogen) atoms.